The molecule has 4 rings (SSSR count). The van der Waals surface area contributed by atoms with Crippen molar-refractivity contribution in [2.24, 2.45) is 5.73 Å². The number of rotatable bonds is 3. The summed E-state index contributed by atoms with van der Waals surface area (Å²) in [5.74, 6) is 0. The van der Waals surface area contributed by atoms with E-state index in [2.05, 4.69) is 28.3 Å². The zero-order chi connectivity index (χ0) is 14.2. The zero-order valence-electron chi connectivity index (χ0n) is 11.4. The molecule has 4 aromatic rings. The van der Waals surface area contributed by atoms with Crippen LogP contribution in [0.2, 0.25) is 0 Å². The summed E-state index contributed by atoms with van der Waals surface area (Å²) in [5.41, 5.74) is 8.89. The first-order valence-corrected chi connectivity index (χ1v) is 7.66. The van der Waals surface area contributed by atoms with E-state index in [0.717, 1.165) is 27.1 Å². The molecule has 0 radical (unpaired) electrons. The van der Waals surface area contributed by atoms with E-state index in [1.807, 2.05) is 35.0 Å². The molecule has 0 aliphatic rings. The quantitative estimate of drug-likeness (QED) is 0.631. The summed E-state index contributed by atoms with van der Waals surface area (Å²) in [6.07, 6.45) is 0. The van der Waals surface area contributed by atoms with Gasteiger partial charge in [0.25, 0.3) is 0 Å². The summed E-state index contributed by atoms with van der Waals surface area (Å²) in [6.45, 7) is 1.13. The highest BCUT2D eigenvalue weighted by molar-refractivity contribution is 7.18. The molecule has 0 fully saturated rings. The number of aromatic nitrogens is 3. The molecule has 0 saturated carbocycles. The number of thiazole rings is 1. The SMILES string of the molecule is NCc1nn(Cc2nc3ccccc3s2)c2ccccc12. The fraction of sp³-hybridized carbons (Fsp3) is 0.125. The molecule has 0 spiro atoms. The smallest absolute Gasteiger partial charge is 0.115 e. The van der Waals surface area contributed by atoms with E-state index in [-0.39, 0.29) is 0 Å². The topological polar surface area (TPSA) is 56.7 Å². The van der Waals surface area contributed by atoms with Crippen LogP contribution in [0.15, 0.2) is 48.5 Å². The molecular formula is C16H14N4S. The summed E-state index contributed by atoms with van der Waals surface area (Å²) in [7, 11) is 0. The average molecular weight is 294 g/mol. The van der Waals surface area contributed by atoms with E-state index in [0.29, 0.717) is 13.1 Å². The first-order valence-electron chi connectivity index (χ1n) is 6.84. The molecule has 2 aromatic heterocycles. The summed E-state index contributed by atoms with van der Waals surface area (Å²) in [4.78, 5) is 4.68. The molecule has 21 heavy (non-hydrogen) atoms. The molecule has 2 aromatic carbocycles. The van der Waals surface area contributed by atoms with Gasteiger partial charge in [-0.3, -0.25) is 4.68 Å². The lowest BCUT2D eigenvalue weighted by Crippen LogP contribution is -2.03. The first kappa shape index (κ1) is 12.5. The number of nitrogens with two attached hydrogens (primary N) is 1. The summed E-state index contributed by atoms with van der Waals surface area (Å²) in [5, 5.41) is 6.82. The number of fused-ring (bicyclic) bond motifs is 2. The number of nitrogens with zero attached hydrogens (tertiary/aromatic N) is 3. The van der Waals surface area contributed by atoms with Gasteiger partial charge in [0.05, 0.1) is 28.0 Å². The Labute approximate surface area is 125 Å². The Morgan fingerprint density at radius 1 is 1.05 bits per heavy atom. The van der Waals surface area contributed by atoms with Crippen LogP contribution < -0.4 is 5.73 Å². The van der Waals surface area contributed by atoms with Crippen LogP contribution in [0, 0.1) is 0 Å². The van der Waals surface area contributed by atoms with Crippen molar-refractivity contribution in [2.45, 2.75) is 13.1 Å². The Morgan fingerprint density at radius 2 is 1.86 bits per heavy atom. The van der Waals surface area contributed by atoms with Crippen molar-refractivity contribution in [3.05, 3.63) is 59.2 Å². The number of para-hydroxylation sites is 2. The minimum Gasteiger partial charge on any atom is -0.325 e. The Bertz CT molecular complexity index is 889. The van der Waals surface area contributed by atoms with Crippen molar-refractivity contribution in [1.29, 1.82) is 0 Å². The monoisotopic (exact) mass is 294 g/mol. The van der Waals surface area contributed by atoms with Crippen LogP contribution in [0.4, 0.5) is 0 Å². The second-order valence-corrected chi connectivity index (χ2v) is 6.02. The van der Waals surface area contributed by atoms with Gasteiger partial charge in [-0.15, -0.1) is 11.3 Å². The van der Waals surface area contributed by atoms with E-state index in [1.165, 1.54) is 4.70 Å². The Morgan fingerprint density at radius 3 is 2.71 bits per heavy atom. The number of benzene rings is 2. The van der Waals surface area contributed by atoms with Gasteiger partial charge in [0, 0.05) is 11.9 Å². The molecule has 5 heteroatoms. The van der Waals surface area contributed by atoms with Crippen LogP contribution in [0.3, 0.4) is 0 Å². The van der Waals surface area contributed by atoms with Crippen molar-refractivity contribution in [2.75, 3.05) is 0 Å². The van der Waals surface area contributed by atoms with Crippen LogP contribution >= 0.6 is 11.3 Å². The van der Waals surface area contributed by atoms with Gasteiger partial charge in [-0.2, -0.15) is 5.10 Å². The average Bonchev–Trinajstić information content (AvgIpc) is 3.08. The third kappa shape index (κ3) is 2.11. The van der Waals surface area contributed by atoms with Crippen molar-refractivity contribution < 1.29 is 0 Å². The molecule has 0 saturated heterocycles. The normalized spacial score (nSPS) is 11.5. The van der Waals surface area contributed by atoms with Crippen LogP contribution in [0.1, 0.15) is 10.7 Å². The van der Waals surface area contributed by atoms with Gasteiger partial charge >= 0.3 is 0 Å². The van der Waals surface area contributed by atoms with E-state index in [4.69, 9.17) is 5.73 Å². The lowest BCUT2D eigenvalue weighted by molar-refractivity contribution is 0.691. The van der Waals surface area contributed by atoms with E-state index >= 15 is 0 Å². The minimum absolute atomic E-state index is 0.452. The lowest BCUT2D eigenvalue weighted by atomic mass is 10.2. The van der Waals surface area contributed by atoms with Gasteiger partial charge in [-0.1, -0.05) is 30.3 Å². The van der Waals surface area contributed by atoms with Gasteiger partial charge in [0.1, 0.15) is 5.01 Å². The van der Waals surface area contributed by atoms with Crippen molar-refractivity contribution in [3.63, 3.8) is 0 Å². The third-order valence-electron chi connectivity index (χ3n) is 3.55. The van der Waals surface area contributed by atoms with E-state index in [9.17, 15) is 0 Å². The first-order chi connectivity index (χ1) is 10.3. The van der Waals surface area contributed by atoms with Gasteiger partial charge < -0.3 is 5.73 Å². The minimum atomic E-state index is 0.452. The highest BCUT2D eigenvalue weighted by Crippen LogP contribution is 2.24. The predicted molar refractivity (Wildman–Crippen MR) is 86.3 cm³/mol. The largest absolute Gasteiger partial charge is 0.325 e. The van der Waals surface area contributed by atoms with E-state index < -0.39 is 0 Å². The Kier molecular flexibility index (Phi) is 2.94. The molecule has 0 atom stereocenters. The highest BCUT2D eigenvalue weighted by atomic mass is 32.1. The molecule has 0 aliphatic carbocycles. The van der Waals surface area contributed by atoms with Gasteiger partial charge in [0.15, 0.2) is 0 Å². The predicted octanol–water partition coefficient (Wildman–Crippen LogP) is 3.15. The molecule has 0 bridgehead atoms. The third-order valence-corrected chi connectivity index (χ3v) is 4.57. The molecular weight excluding hydrogens is 280 g/mol. The van der Waals surface area contributed by atoms with Gasteiger partial charge in [-0.05, 0) is 18.2 Å². The summed E-state index contributed by atoms with van der Waals surface area (Å²) >= 11 is 1.71. The molecule has 104 valence electrons. The fourth-order valence-electron chi connectivity index (χ4n) is 2.58. The maximum atomic E-state index is 5.80. The standard InChI is InChI=1S/C16H14N4S/c17-9-13-11-5-1-3-7-14(11)20(19-13)10-16-18-12-6-2-4-8-15(12)21-16/h1-8H,9-10,17H2. The fourth-order valence-corrected chi connectivity index (χ4v) is 3.53. The lowest BCUT2D eigenvalue weighted by Gasteiger charge is -1.99. The second kappa shape index (κ2) is 4.95. The van der Waals surface area contributed by atoms with Crippen LogP contribution in [0.25, 0.3) is 21.1 Å². The highest BCUT2D eigenvalue weighted by Gasteiger charge is 2.11. The van der Waals surface area contributed by atoms with Crippen LogP contribution in [-0.2, 0) is 13.1 Å². The van der Waals surface area contributed by atoms with Gasteiger partial charge in [0.2, 0.25) is 0 Å². The summed E-state index contributed by atoms with van der Waals surface area (Å²) < 4.78 is 3.21. The van der Waals surface area contributed by atoms with Crippen molar-refractivity contribution in [3.8, 4) is 0 Å². The van der Waals surface area contributed by atoms with Crippen LogP contribution in [-0.4, -0.2) is 14.8 Å². The Balaban J connectivity index is 1.80. The Hall–Kier alpha value is -2.24. The molecule has 0 aliphatic heterocycles. The van der Waals surface area contributed by atoms with E-state index in [1.54, 1.807) is 11.3 Å². The van der Waals surface area contributed by atoms with Crippen LogP contribution in [0.5, 0.6) is 0 Å². The molecule has 4 nitrogen and oxygen atoms in total. The van der Waals surface area contributed by atoms with Gasteiger partial charge in [-0.25, -0.2) is 4.98 Å². The summed E-state index contributed by atoms with van der Waals surface area (Å²) in [6, 6.07) is 16.4. The van der Waals surface area contributed by atoms with Crippen molar-refractivity contribution in [1.82, 2.24) is 14.8 Å². The zero-order valence-corrected chi connectivity index (χ0v) is 12.2. The molecule has 0 unspecified atom stereocenters. The van der Waals surface area contributed by atoms with Crippen molar-refractivity contribution >= 4 is 32.5 Å². The maximum Gasteiger partial charge on any atom is 0.115 e. The molecule has 0 amide bonds. The molecule has 2 N–H and O–H groups in total. The second-order valence-electron chi connectivity index (χ2n) is 4.90. The number of hydrogen-bond acceptors (Lipinski definition) is 4. The maximum absolute atomic E-state index is 5.80. The molecule has 2 heterocycles. The number of hydrogen-bond donors (Lipinski definition) is 1.